The summed E-state index contributed by atoms with van der Waals surface area (Å²) in [5.41, 5.74) is 7.81. The van der Waals surface area contributed by atoms with Crippen molar-refractivity contribution in [3.63, 3.8) is 0 Å². The third-order valence-electron chi connectivity index (χ3n) is 3.13. The summed E-state index contributed by atoms with van der Waals surface area (Å²) >= 11 is 6.16. The number of hydrogen-bond acceptors (Lipinski definition) is 3. The molecule has 1 aromatic rings. The average Bonchev–Trinajstić information content (AvgIpc) is 2.26. The Morgan fingerprint density at radius 2 is 1.94 bits per heavy atom. The lowest BCUT2D eigenvalue weighted by atomic mass is 10.1. The van der Waals surface area contributed by atoms with E-state index in [1.165, 1.54) is 0 Å². The van der Waals surface area contributed by atoms with Crippen LogP contribution in [-0.2, 0) is 6.54 Å². The molecule has 1 saturated heterocycles. The monoisotopic (exact) mass is 239 g/mol. The summed E-state index contributed by atoms with van der Waals surface area (Å²) in [6, 6.07) is 5.71. The molecule has 1 aromatic carbocycles. The van der Waals surface area contributed by atoms with Gasteiger partial charge in [-0.1, -0.05) is 17.7 Å². The van der Waals surface area contributed by atoms with Gasteiger partial charge in [0.15, 0.2) is 0 Å². The fourth-order valence-electron chi connectivity index (χ4n) is 1.97. The maximum atomic E-state index is 6.16. The first-order valence-electron chi connectivity index (χ1n) is 5.60. The number of likely N-dealkylation sites (N-methyl/N-ethyl adjacent to an activating group) is 1. The number of nitrogens with zero attached hydrogens (tertiary/aromatic N) is 2. The van der Waals surface area contributed by atoms with E-state index in [-0.39, 0.29) is 0 Å². The number of rotatable bonds is 2. The lowest BCUT2D eigenvalue weighted by molar-refractivity contribution is 0.148. The molecule has 0 unspecified atom stereocenters. The van der Waals surface area contributed by atoms with Gasteiger partial charge in [0.05, 0.1) is 0 Å². The topological polar surface area (TPSA) is 32.5 Å². The Labute approximate surface area is 102 Å². The standard InChI is InChI=1S/C12H18ClN3/c1-15-5-7-16(8-6-15)9-10-11(13)3-2-4-12(10)14/h2-4H,5-9,14H2,1H3. The van der Waals surface area contributed by atoms with Crippen molar-refractivity contribution >= 4 is 17.3 Å². The number of nitrogens with two attached hydrogens (primary N) is 1. The highest BCUT2D eigenvalue weighted by atomic mass is 35.5. The van der Waals surface area contributed by atoms with Crippen LogP contribution in [0.15, 0.2) is 18.2 Å². The maximum Gasteiger partial charge on any atom is 0.0471 e. The Morgan fingerprint density at radius 3 is 2.56 bits per heavy atom. The van der Waals surface area contributed by atoms with Crippen LogP contribution in [0.4, 0.5) is 5.69 Å². The second-order valence-corrected chi connectivity index (χ2v) is 4.79. The van der Waals surface area contributed by atoms with Gasteiger partial charge in [-0.2, -0.15) is 0 Å². The summed E-state index contributed by atoms with van der Waals surface area (Å²) in [5.74, 6) is 0. The highest BCUT2D eigenvalue weighted by Crippen LogP contribution is 2.23. The highest BCUT2D eigenvalue weighted by Gasteiger charge is 2.16. The number of piperazine rings is 1. The van der Waals surface area contributed by atoms with Gasteiger partial charge in [0.2, 0.25) is 0 Å². The van der Waals surface area contributed by atoms with Crippen LogP contribution >= 0.6 is 11.6 Å². The van der Waals surface area contributed by atoms with Gasteiger partial charge >= 0.3 is 0 Å². The Hall–Kier alpha value is -0.770. The predicted molar refractivity (Wildman–Crippen MR) is 68.6 cm³/mol. The SMILES string of the molecule is CN1CCN(Cc2c(N)cccc2Cl)CC1. The van der Waals surface area contributed by atoms with E-state index in [2.05, 4.69) is 16.8 Å². The van der Waals surface area contributed by atoms with Crippen LogP contribution in [0.2, 0.25) is 5.02 Å². The van der Waals surface area contributed by atoms with E-state index in [1.807, 2.05) is 18.2 Å². The lowest BCUT2D eigenvalue weighted by Crippen LogP contribution is -2.44. The van der Waals surface area contributed by atoms with E-state index in [0.29, 0.717) is 0 Å². The van der Waals surface area contributed by atoms with Gasteiger partial charge in [0.25, 0.3) is 0 Å². The van der Waals surface area contributed by atoms with E-state index >= 15 is 0 Å². The number of anilines is 1. The molecule has 3 nitrogen and oxygen atoms in total. The van der Waals surface area contributed by atoms with Crippen molar-refractivity contribution in [3.05, 3.63) is 28.8 Å². The third kappa shape index (κ3) is 2.67. The predicted octanol–water partition coefficient (Wildman–Crippen LogP) is 1.67. The molecule has 0 atom stereocenters. The van der Waals surface area contributed by atoms with Gasteiger partial charge < -0.3 is 10.6 Å². The summed E-state index contributed by atoms with van der Waals surface area (Å²) in [4.78, 5) is 4.74. The van der Waals surface area contributed by atoms with E-state index in [4.69, 9.17) is 17.3 Å². The zero-order chi connectivity index (χ0) is 11.5. The minimum atomic E-state index is 0.777. The van der Waals surface area contributed by atoms with Crippen LogP contribution in [0.1, 0.15) is 5.56 Å². The van der Waals surface area contributed by atoms with Gasteiger partial charge in [0.1, 0.15) is 0 Å². The minimum absolute atomic E-state index is 0.777. The summed E-state index contributed by atoms with van der Waals surface area (Å²) in [7, 11) is 2.15. The van der Waals surface area contributed by atoms with Crippen LogP contribution in [0.3, 0.4) is 0 Å². The van der Waals surface area contributed by atoms with Gasteiger partial charge in [-0.05, 0) is 19.2 Å². The molecule has 0 spiro atoms. The smallest absolute Gasteiger partial charge is 0.0471 e. The molecule has 88 valence electrons. The third-order valence-corrected chi connectivity index (χ3v) is 3.49. The lowest BCUT2D eigenvalue weighted by Gasteiger charge is -2.32. The molecule has 1 heterocycles. The largest absolute Gasteiger partial charge is 0.398 e. The van der Waals surface area contributed by atoms with Crippen molar-refractivity contribution in [3.8, 4) is 0 Å². The van der Waals surface area contributed by atoms with Crippen LogP contribution in [-0.4, -0.2) is 43.0 Å². The van der Waals surface area contributed by atoms with Crippen LogP contribution in [0.5, 0.6) is 0 Å². The Kier molecular flexibility index (Phi) is 3.69. The van der Waals surface area contributed by atoms with Crippen molar-refractivity contribution in [2.75, 3.05) is 39.0 Å². The highest BCUT2D eigenvalue weighted by molar-refractivity contribution is 6.31. The molecule has 2 rings (SSSR count). The quantitative estimate of drug-likeness (QED) is 0.797. The van der Waals surface area contributed by atoms with Gasteiger partial charge in [-0.15, -0.1) is 0 Å². The summed E-state index contributed by atoms with van der Waals surface area (Å²) in [6.45, 7) is 5.26. The van der Waals surface area contributed by atoms with Crippen LogP contribution in [0.25, 0.3) is 0 Å². The number of hydrogen-bond donors (Lipinski definition) is 1. The number of nitrogen functional groups attached to an aromatic ring is 1. The fourth-order valence-corrected chi connectivity index (χ4v) is 2.21. The summed E-state index contributed by atoms with van der Waals surface area (Å²) in [5, 5.41) is 0.777. The first-order chi connectivity index (χ1) is 7.66. The van der Waals surface area contributed by atoms with E-state index in [1.54, 1.807) is 0 Å². The number of halogens is 1. The Balaban J connectivity index is 2.04. The minimum Gasteiger partial charge on any atom is -0.398 e. The fraction of sp³-hybridized carbons (Fsp3) is 0.500. The molecule has 4 heteroatoms. The molecule has 1 fully saturated rings. The number of benzene rings is 1. The summed E-state index contributed by atoms with van der Waals surface area (Å²) < 4.78 is 0. The second kappa shape index (κ2) is 5.04. The van der Waals surface area contributed by atoms with Crippen LogP contribution < -0.4 is 5.73 Å². The second-order valence-electron chi connectivity index (χ2n) is 4.39. The average molecular weight is 240 g/mol. The van der Waals surface area contributed by atoms with Crippen molar-refractivity contribution < 1.29 is 0 Å². The Bertz CT molecular complexity index is 339. The van der Waals surface area contributed by atoms with Gasteiger partial charge in [-0.25, -0.2) is 0 Å². The van der Waals surface area contributed by atoms with E-state index in [9.17, 15) is 0 Å². The maximum absolute atomic E-state index is 6.16. The molecule has 0 radical (unpaired) electrons. The molecule has 0 bridgehead atoms. The molecule has 0 saturated carbocycles. The molecule has 0 amide bonds. The van der Waals surface area contributed by atoms with Gasteiger partial charge in [0, 0.05) is 49.0 Å². The molecular formula is C12H18ClN3. The van der Waals surface area contributed by atoms with E-state index in [0.717, 1.165) is 49.0 Å². The van der Waals surface area contributed by atoms with Gasteiger partial charge in [-0.3, -0.25) is 4.90 Å². The van der Waals surface area contributed by atoms with Crippen molar-refractivity contribution in [1.82, 2.24) is 9.80 Å². The molecule has 0 aliphatic carbocycles. The summed E-state index contributed by atoms with van der Waals surface area (Å²) in [6.07, 6.45) is 0. The zero-order valence-electron chi connectivity index (χ0n) is 9.62. The van der Waals surface area contributed by atoms with Crippen molar-refractivity contribution in [2.45, 2.75) is 6.54 Å². The molecular weight excluding hydrogens is 222 g/mol. The first-order valence-corrected chi connectivity index (χ1v) is 5.98. The van der Waals surface area contributed by atoms with Crippen molar-refractivity contribution in [2.24, 2.45) is 0 Å². The molecule has 0 aromatic heterocycles. The molecule has 16 heavy (non-hydrogen) atoms. The Morgan fingerprint density at radius 1 is 1.25 bits per heavy atom. The van der Waals surface area contributed by atoms with Crippen molar-refractivity contribution in [1.29, 1.82) is 0 Å². The normalized spacial score (nSPS) is 18.9. The van der Waals surface area contributed by atoms with Crippen LogP contribution in [0, 0.1) is 0 Å². The first kappa shape index (κ1) is 11.7. The molecule has 1 aliphatic rings. The molecule has 2 N–H and O–H groups in total. The molecule has 1 aliphatic heterocycles. The zero-order valence-corrected chi connectivity index (χ0v) is 10.4. The van der Waals surface area contributed by atoms with E-state index < -0.39 is 0 Å².